The number of hydrogen-bond donors (Lipinski definition) is 1. The van der Waals surface area contributed by atoms with E-state index in [-0.39, 0.29) is 6.04 Å². The standard InChI is InChI=1S/C16H16BrCl2NO/c1-9-6-10(4-5-14(9)19)15(20-2)12-7-11(18)8-13(17)16(12)21-3/h4-8,15,20H,1-3H3. The van der Waals surface area contributed by atoms with Crippen LogP contribution in [0.25, 0.3) is 0 Å². The molecule has 0 saturated carbocycles. The Kier molecular flexibility index (Phi) is 5.55. The molecule has 0 amide bonds. The van der Waals surface area contributed by atoms with Crippen LogP contribution in [0, 0.1) is 6.92 Å². The second kappa shape index (κ2) is 7.01. The Morgan fingerprint density at radius 3 is 2.48 bits per heavy atom. The lowest BCUT2D eigenvalue weighted by Crippen LogP contribution is -2.18. The fourth-order valence-electron chi connectivity index (χ4n) is 2.36. The first-order valence-electron chi connectivity index (χ1n) is 6.44. The minimum atomic E-state index is -0.0362. The van der Waals surface area contributed by atoms with Gasteiger partial charge in [0.2, 0.25) is 0 Å². The zero-order chi connectivity index (χ0) is 15.6. The molecular formula is C16H16BrCl2NO. The SMILES string of the molecule is CNC(c1ccc(Cl)c(C)c1)c1cc(Cl)cc(Br)c1OC. The third-order valence-corrected chi connectivity index (χ3v) is 4.59. The number of methoxy groups -OCH3 is 1. The smallest absolute Gasteiger partial charge is 0.138 e. The van der Waals surface area contributed by atoms with Crippen molar-refractivity contribution in [3.63, 3.8) is 0 Å². The van der Waals surface area contributed by atoms with Crippen LogP contribution in [0.5, 0.6) is 5.75 Å². The van der Waals surface area contributed by atoms with E-state index < -0.39 is 0 Å². The van der Waals surface area contributed by atoms with Gasteiger partial charge in [0.25, 0.3) is 0 Å². The molecule has 0 aliphatic carbocycles. The van der Waals surface area contributed by atoms with Crippen LogP contribution in [0.3, 0.4) is 0 Å². The molecule has 1 atom stereocenters. The topological polar surface area (TPSA) is 21.3 Å². The normalized spacial score (nSPS) is 12.3. The Balaban J connectivity index is 2.58. The molecule has 0 aromatic heterocycles. The van der Waals surface area contributed by atoms with Gasteiger partial charge in [-0.3, -0.25) is 0 Å². The second-order valence-electron chi connectivity index (χ2n) is 4.74. The Labute approximate surface area is 143 Å². The largest absolute Gasteiger partial charge is 0.495 e. The van der Waals surface area contributed by atoms with Crippen molar-refractivity contribution in [2.75, 3.05) is 14.2 Å². The molecule has 2 rings (SSSR count). The number of rotatable bonds is 4. The molecule has 1 unspecified atom stereocenters. The lowest BCUT2D eigenvalue weighted by atomic mass is 9.96. The Morgan fingerprint density at radius 1 is 1.19 bits per heavy atom. The van der Waals surface area contributed by atoms with Crippen molar-refractivity contribution in [2.24, 2.45) is 0 Å². The van der Waals surface area contributed by atoms with E-state index in [1.807, 2.05) is 38.2 Å². The van der Waals surface area contributed by atoms with Gasteiger partial charge in [0.15, 0.2) is 0 Å². The van der Waals surface area contributed by atoms with Gasteiger partial charge in [0, 0.05) is 15.6 Å². The first-order valence-corrected chi connectivity index (χ1v) is 7.99. The molecule has 0 aliphatic rings. The van der Waals surface area contributed by atoms with Gasteiger partial charge in [0.1, 0.15) is 5.75 Å². The number of benzene rings is 2. The summed E-state index contributed by atoms with van der Waals surface area (Å²) < 4.78 is 6.35. The maximum atomic E-state index is 6.19. The molecule has 112 valence electrons. The van der Waals surface area contributed by atoms with Crippen molar-refractivity contribution in [1.29, 1.82) is 0 Å². The van der Waals surface area contributed by atoms with Crippen molar-refractivity contribution in [2.45, 2.75) is 13.0 Å². The Bertz CT molecular complexity index is 661. The van der Waals surface area contributed by atoms with Gasteiger partial charge in [-0.25, -0.2) is 0 Å². The van der Waals surface area contributed by atoms with Crippen LogP contribution < -0.4 is 10.1 Å². The van der Waals surface area contributed by atoms with Crippen LogP contribution >= 0.6 is 39.1 Å². The highest BCUT2D eigenvalue weighted by atomic mass is 79.9. The molecule has 0 saturated heterocycles. The number of ether oxygens (including phenoxy) is 1. The summed E-state index contributed by atoms with van der Waals surface area (Å²) in [5.74, 6) is 0.770. The van der Waals surface area contributed by atoms with Crippen molar-refractivity contribution in [1.82, 2.24) is 5.32 Å². The molecule has 0 radical (unpaired) electrons. The summed E-state index contributed by atoms with van der Waals surface area (Å²) in [4.78, 5) is 0. The van der Waals surface area contributed by atoms with Crippen molar-refractivity contribution in [3.8, 4) is 5.75 Å². The number of halogens is 3. The van der Waals surface area contributed by atoms with E-state index in [2.05, 4.69) is 27.3 Å². The van der Waals surface area contributed by atoms with E-state index in [1.165, 1.54) is 0 Å². The Morgan fingerprint density at radius 2 is 1.90 bits per heavy atom. The second-order valence-corrected chi connectivity index (χ2v) is 6.44. The molecule has 21 heavy (non-hydrogen) atoms. The van der Waals surface area contributed by atoms with E-state index in [0.29, 0.717) is 5.02 Å². The van der Waals surface area contributed by atoms with Gasteiger partial charge in [-0.05, 0) is 59.2 Å². The molecule has 0 fully saturated rings. The van der Waals surface area contributed by atoms with E-state index in [0.717, 1.165) is 31.9 Å². The van der Waals surface area contributed by atoms with Crippen LogP contribution in [0.1, 0.15) is 22.7 Å². The maximum absolute atomic E-state index is 6.19. The van der Waals surface area contributed by atoms with Gasteiger partial charge in [0.05, 0.1) is 17.6 Å². The monoisotopic (exact) mass is 387 g/mol. The van der Waals surface area contributed by atoms with E-state index >= 15 is 0 Å². The minimum Gasteiger partial charge on any atom is -0.495 e. The average molecular weight is 389 g/mol. The highest BCUT2D eigenvalue weighted by Gasteiger charge is 2.20. The maximum Gasteiger partial charge on any atom is 0.138 e. The van der Waals surface area contributed by atoms with Crippen molar-refractivity contribution < 1.29 is 4.74 Å². The quantitative estimate of drug-likeness (QED) is 0.758. The highest BCUT2D eigenvalue weighted by Crippen LogP contribution is 2.38. The predicted molar refractivity (Wildman–Crippen MR) is 92.8 cm³/mol. The summed E-state index contributed by atoms with van der Waals surface area (Å²) >= 11 is 15.8. The Hall–Kier alpha value is -0.740. The van der Waals surface area contributed by atoms with Crippen LogP contribution in [0.4, 0.5) is 0 Å². The van der Waals surface area contributed by atoms with E-state index in [1.54, 1.807) is 7.11 Å². The molecule has 0 spiro atoms. The van der Waals surface area contributed by atoms with E-state index in [4.69, 9.17) is 27.9 Å². The van der Waals surface area contributed by atoms with Gasteiger partial charge in [-0.2, -0.15) is 0 Å². The van der Waals surface area contributed by atoms with Gasteiger partial charge >= 0.3 is 0 Å². The molecule has 2 aromatic rings. The molecule has 0 heterocycles. The number of aryl methyl sites for hydroxylation is 1. The van der Waals surface area contributed by atoms with Crippen molar-refractivity contribution >= 4 is 39.1 Å². The summed E-state index contributed by atoms with van der Waals surface area (Å²) in [5, 5.41) is 4.72. The first kappa shape index (κ1) is 16.6. The lowest BCUT2D eigenvalue weighted by Gasteiger charge is -2.21. The van der Waals surface area contributed by atoms with Crippen LogP contribution in [-0.4, -0.2) is 14.2 Å². The summed E-state index contributed by atoms with van der Waals surface area (Å²) in [6.07, 6.45) is 0. The average Bonchev–Trinajstić information content (AvgIpc) is 2.43. The third kappa shape index (κ3) is 3.54. The molecule has 1 N–H and O–H groups in total. The molecule has 0 aliphatic heterocycles. The molecule has 5 heteroatoms. The first-order chi connectivity index (χ1) is 9.97. The van der Waals surface area contributed by atoms with Crippen molar-refractivity contribution in [3.05, 3.63) is 61.5 Å². The lowest BCUT2D eigenvalue weighted by molar-refractivity contribution is 0.402. The minimum absolute atomic E-state index is 0.0362. The fraction of sp³-hybridized carbons (Fsp3) is 0.250. The zero-order valence-corrected chi connectivity index (χ0v) is 15.1. The summed E-state index contributed by atoms with van der Waals surface area (Å²) in [6, 6.07) is 9.68. The van der Waals surface area contributed by atoms with Crippen LogP contribution in [0.2, 0.25) is 10.0 Å². The highest BCUT2D eigenvalue weighted by molar-refractivity contribution is 9.10. The molecule has 0 bridgehead atoms. The summed E-state index contributed by atoms with van der Waals surface area (Å²) in [5.41, 5.74) is 3.11. The van der Waals surface area contributed by atoms with E-state index in [9.17, 15) is 0 Å². The third-order valence-electron chi connectivity index (χ3n) is 3.36. The van der Waals surface area contributed by atoms with Gasteiger partial charge in [-0.15, -0.1) is 0 Å². The number of hydrogen-bond acceptors (Lipinski definition) is 2. The fourth-order valence-corrected chi connectivity index (χ4v) is 3.47. The zero-order valence-electron chi connectivity index (χ0n) is 12.0. The van der Waals surface area contributed by atoms with Crippen LogP contribution in [-0.2, 0) is 0 Å². The molecule has 2 aromatic carbocycles. The predicted octanol–water partition coefficient (Wildman–Crippen LogP) is 5.38. The van der Waals surface area contributed by atoms with Gasteiger partial charge in [-0.1, -0.05) is 35.3 Å². The molecular weight excluding hydrogens is 373 g/mol. The van der Waals surface area contributed by atoms with Crippen LogP contribution in [0.15, 0.2) is 34.8 Å². The molecule has 2 nitrogen and oxygen atoms in total. The summed E-state index contributed by atoms with van der Waals surface area (Å²) in [6.45, 7) is 1.99. The number of nitrogens with one attached hydrogen (secondary N) is 1. The van der Waals surface area contributed by atoms with Gasteiger partial charge < -0.3 is 10.1 Å². The summed E-state index contributed by atoms with van der Waals surface area (Å²) in [7, 11) is 3.56.